The molecule has 2 N–H and O–H groups in total. The predicted octanol–water partition coefficient (Wildman–Crippen LogP) is 4.18. The van der Waals surface area contributed by atoms with E-state index < -0.39 is 35.6 Å². The van der Waals surface area contributed by atoms with Gasteiger partial charge in [0.15, 0.2) is 5.58 Å². The summed E-state index contributed by atoms with van der Waals surface area (Å²) in [6.07, 6.45) is -0.278. The van der Waals surface area contributed by atoms with E-state index in [-0.39, 0.29) is 29.8 Å². The molecule has 2 aliphatic heterocycles. The van der Waals surface area contributed by atoms with Crippen LogP contribution in [0.2, 0.25) is 0 Å². The second-order valence-electron chi connectivity index (χ2n) is 12.7. The van der Waals surface area contributed by atoms with E-state index in [4.69, 9.17) is 13.9 Å². The van der Waals surface area contributed by atoms with E-state index in [9.17, 15) is 19.8 Å². The number of epoxide rings is 1. The van der Waals surface area contributed by atoms with Gasteiger partial charge in [0, 0.05) is 12.3 Å². The molecule has 216 valence electrons. The maximum Gasteiger partial charge on any atom is 0.309 e. The summed E-state index contributed by atoms with van der Waals surface area (Å²) in [5, 5.41) is 21.9. The number of hydrogen-bond donors (Lipinski definition) is 2. The predicted molar refractivity (Wildman–Crippen MR) is 146 cm³/mol. The van der Waals surface area contributed by atoms with Crippen molar-refractivity contribution in [3.8, 4) is 0 Å². The van der Waals surface area contributed by atoms with Crippen molar-refractivity contribution in [2.24, 2.45) is 17.3 Å². The molecule has 2 aliphatic rings. The van der Waals surface area contributed by atoms with Gasteiger partial charge in [0.2, 0.25) is 5.89 Å². The van der Waals surface area contributed by atoms with Gasteiger partial charge in [-0.25, -0.2) is 4.98 Å². The number of benzene rings is 1. The number of fused-ring (bicyclic) bond motifs is 2. The van der Waals surface area contributed by atoms with Crippen LogP contribution in [-0.2, 0) is 25.6 Å². The maximum atomic E-state index is 13.3. The second-order valence-corrected chi connectivity index (χ2v) is 12.7. The number of carbonyl (C=O) groups is 2. The van der Waals surface area contributed by atoms with Gasteiger partial charge in [0.25, 0.3) is 0 Å². The van der Waals surface area contributed by atoms with Crippen LogP contribution < -0.4 is 0 Å². The van der Waals surface area contributed by atoms with Gasteiger partial charge in [0.1, 0.15) is 17.4 Å². The molecular formula is C30H44N2O7. The fourth-order valence-corrected chi connectivity index (χ4v) is 5.75. The lowest BCUT2D eigenvalue weighted by Crippen LogP contribution is -2.45. The monoisotopic (exact) mass is 544 g/mol. The summed E-state index contributed by atoms with van der Waals surface area (Å²) in [6, 6.07) is 5.58. The lowest BCUT2D eigenvalue weighted by molar-refractivity contribution is -0.156. The number of Topliss-reactive ketones (excluding diaryl/α,β-unsaturated/α-hetero) is 1. The summed E-state index contributed by atoms with van der Waals surface area (Å²) < 4.78 is 17.9. The standard InChI is InChI=1S/C30H44N2O7/c1-17-9-8-12-30(5)24(39-30)14-22(19-10-11-21-20(13-19)31-25(37-21)16-32(6)7)38-26(34)15-23(33)29(3,4)28(36)18(2)27(17)35/h10-11,13,17-18,22-24,27,33,35H,8-9,12,14-16H2,1-7H3. The highest BCUT2D eigenvalue weighted by Crippen LogP contribution is 2.46. The quantitative estimate of drug-likeness (QED) is 0.432. The molecule has 4 rings (SSSR count). The summed E-state index contributed by atoms with van der Waals surface area (Å²) in [5.41, 5.74) is 0.539. The zero-order valence-corrected chi connectivity index (χ0v) is 24.3. The Morgan fingerprint density at radius 2 is 1.85 bits per heavy atom. The molecular weight excluding hydrogens is 500 g/mol. The lowest BCUT2D eigenvalue weighted by atomic mass is 9.73. The number of aliphatic hydroxyl groups excluding tert-OH is 2. The van der Waals surface area contributed by atoms with Crippen LogP contribution in [0.4, 0.5) is 0 Å². The third-order valence-corrected chi connectivity index (χ3v) is 8.69. The molecule has 2 fully saturated rings. The average molecular weight is 545 g/mol. The SMILES string of the molecule is CC1CCCC2(C)OC2CC(c2ccc3oc(CN(C)C)nc3c2)OC(=O)CC(O)C(C)(C)C(=O)C(C)C1O. The van der Waals surface area contributed by atoms with E-state index in [0.29, 0.717) is 30.0 Å². The molecule has 39 heavy (non-hydrogen) atoms. The summed E-state index contributed by atoms with van der Waals surface area (Å²) in [4.78, 5) is 33.0. The molecule has 2 aromatic rings. The Morgan fingerprint density at radius 3 is 2.54 bits per heavy atom. The van der Waals surface area contributed by atoms with Gasteiger partial charge in [-0.2, -0.15) is 0 Å². The minimum Gasteiger partial charge on any atom is -0.457 e. The van der Waals surface area contributed by atoms with Crippen molar-refractivity contribution < 1.29 is 33.7 Å². The summed E-state index contributed by atoms with van der Waals surface area (Å²) in [7, 11) is 3.88. The minimum atomic E-state index is -1.26. The highest BCUT2D eigenvalue weighted by molar-refractivity contribution is 5.88. The first-order valence-electron chi connectivity index (χ1n) is 14.0. The molecule has 0 amide bonds. The number of ketones is 1. The van der Waals surface area contributed by atoms with Crippen LogP contribution in [0.3, 0.4) is 0 Å². The molecule has 0 saturated carbocycles. The Balaban J connectivity index is 1.61. The fraction of sp³-hybridized carbons (Fsp3) is 0.700. The Morgan fingerprint density at radius 1 is 1.13 bits per heavy atom. The maximum absolute atomic E-state index is 13.3. The van der Waals surface area contributed by atoms with Crippen molar-refractivity contribution >= 4 is 22.9 Å². The van der Waals surface area contributed by atoms with E-state index >= 15 is 0 Å². The molecule has 7 unspecified atom stereocenters. The van der Waals surface area contributed by atoms with Gasteiger partial charge in [0.05, 0.1) is 42.3 Å². The van der Waals surface area contributed by atoms with E-state index in [1.54, 1.807) is 20.8 Å². The first-order valence-corrected chi connectivity index (χ1v) is 14.0. The smallest absolute Gasteiger partial charge is 0.309 e. The normalized spacial score (nSPS) is 34.6. The number of ether oxygens (including phenoxy) is 2. The molecule has 0 bridgehead atoms. The van der Waals surface area contributed by atoms with E-state index in [2.05, 4.69) is 11.9 Å². The van der Waals surface area contributed by atoms with Crippen LogP contribution in [0.15, 0.2) is 22.6 Å². The highest BCUT2D eigenvalue weighted by Gasteiger charge is 2.53. The average Bonchev–Trinajstić information content (AvgIpc) is 3.31. The lowest BCUT2D eigenvalue weighted by Gasteiger charge is -2.34. The Kier molecular flexibility index (Phi) is 8.57. The summed E-state index contributed by atoms with van der Waals surface area (Å²) in [6.45, 7) is 9.52. The largest absolute Gasteiger partial charge is 0.457 e. The van der Waals surface area contributed by atoms with Gasteiger partial charge in [-0.05, 0) is 57.5 Å². The van der Waals surface area contributed by atoms with E-state index in [1.807, 2.05) is 44.1 Å². The summed E-state index contributed by atoms with van der Waals surface area (Å²) >= 11 is 0. The zero-order chi connectivity index (χ0) is 28.7. The van der Waals surface area contributed by atoms with Crippen molar-refractivity contribution in [1.82, 2.24) is 9.88 Å². The third-order valence-electron chi connectivity index (χ3n) is 8.69. The van der Waals surface area contributed by atoms with Crippen LogP contribution in [-0.4, -0.2) is 69.9 Å². The Bertz CT molecular complexity index is 1190. The number of rotatable bonds is 3. The Hall–Kier alpha value is -2.33. The topological polar surface area (TPSA) is 126 Å². The number of oxazole rings is 1. The third kappa shape index (κ3) is 6.53. The van der Waals surface area contributed by atoms with Crippen molar-refractivity contribution in [2.75, 3.05) is 14.1 Å². The fourth-order valence-electron chi connectivity index (χ4n) is 5.75. The van der Waals surface area contributed by atoms with E-state index in [1.165, 1.54) is 0 Å². The summed E-state index contributed by atoms with van der Waals surface area (Å²) in [5.74, 6) is -1.03. The molecule has 3 heterocycles. The van der Waals surface area contributed by atoms with Crippen LogP contribution in [0, 0.1) is 17.3 Å². The highest BCUT2D eigenvalue weighted by atomic mass is 16.6. The number of carbonyl (C=O) groups excluding carboxylic acids is 2. The molecule has 7 atom stereocenters. The molecule has 0 radical (unpaired) electrons. The first kappa shape index (κ1) is 29.6. The van der Waals surface area contributed by atoms with Crippen molar-refractivity contribution in [1.29, 1.82) is 0 Å². The molecule has 0 spiro atoms. The number of aliphatic hydroxyl groups is 2. The molecule has 0 aliphatic carbocycles. The molecule has 1 aromatic carbocycles. The molecule has 1 aromatic heterocycles. The van der Waals surface area contributed by atoms with Gasteiger partial charge in [-0.15, -0.1) is 0 Å². The van der Waals surface area contributed by atoms with Crippen LogP contribution in [0.1, 0.15) is 84.3 Å². The number of esters is 1. The van der Waals surface area contributed by atoms with Crippen molar-refractivity contribution in [3.05, 3.63) is 29.7 Å². The van der Waals surface area contributed by atoms with Gasteiger partial charge in [-0.1, -0.05) is 40.2 Å². The molecule has 9 heteroatoms. The first-order chi connectivity index (χ1) is 18.2. The van der Waals surface area contributed by atoms with Crippen molar-refractivity contribution in [3.63, 3.8) is 0 Å². The van der Waals surface area contributed by atoms with Crippen LogP contribution in [0.5, 0.6) is 0 Å². The van der Waals surface area contributed by atoms with Gasteiger partial charge >= 0.3 is 5.97 Å². The van der Waals surface area contributed by atoms with Crippen LogP contribution in [0.25, 0.3) is 11.1 Å². The molecule has 9 nitrogen and oxygen atoms in total. The van der Waals surface area contributed by atoms with Crippen molar-refractivity contribution in [2.45, 2.75) is 103 Å². The number of hydrogen-bond acceptors (Lipinski definition) is 9. The van der Waals surface area contributed by atoms with Gasteiger partial charge < -0.3 is 29.0 Å². The number of nitrogens with zero attached hydrogens (tertiary/aromatic N) is 2. The molecule has 2 saturated heterocycles. The zero-order valence-electron chi connectivity index (χ0n) is 24.3. The Labute approximate surface area is 230 Å². The second kappa shape index (κ2) is 11.3. The van der Waals surface area contributed by atoms with E-state index in [0.717, 1.165) is 24.8 Å². The van der Waals surface area contributed by atoms with Gasteiger partial charge in [-0.3, -0.25) is 9.59 Å². The minimum absolute atomic E-state index is 0.0881. The van der Waals surface area contributed by atoms with Crippen LogP contribution >= 0.6 is 0 Å². The number of aromatic nitrogens is 1. The number of cyclic esters (lactones) is 1.